The number of hydrogen-bond donors (Lipinski definition) is 1. The molecule has 1 N–H and O–H groups in total. The number of halogens is 5. The van der Waals surface area contributed by atoms with E-state index < -0.39 is 70.9 Å². The Bertz CT molecular complexity index is 950. The molecule has 0 saturated heterocycles. The monoisotopic (exact) mass is 558 g/mol. The van der Waals surface area contributed by atoms with Crippen LogP contribution in [-0.2, 0) is 19.1 Å². The van der Waals surface area contributed by atoms with Crippen molar-refractivity contribution in [3.05, 3.63) is 41.2 Å². The van der Waals surface area contributed by atoms with E-state index in [-0.39, 0.29) is 20.1 Å². The molecule has 0 aliphatic carbocycles. The van der Waals surface area contributed by atoms with Gasteiger partial charge in [-0.2, -0.15) is 8.78 Å². The third-order valence-corrected chi connectivity index (χ3v) is 5.29. The van der Waals surface area contributed by atoms with E-state index in [9.17, 15) is 36.3 Å². The number of carbonyl (C=O) groups is 3. The van der Waals surface area contributed by atoms with E-state index >= 15 is 0 Å². The van der Waals surface area contributed by atoms with Gasteiger partial charge in [0, 0.05) is 13.1 Å². The lowest BCUT2D eigenvalue weighted by molar-refractivity contribution is -0.149. The number of thioether (sulfide) groups is 1. The minimum atomic E-state index is -2.40. The number of benzene rings is 1. The second-order valence-electron chi connectivity index (χ2n) is 7.49. The first kappa shape index (κ1) is 34.1. The summed E-state index contributed by atoms with van der Waals surface area (Å²) in [6.07, 6.45) is -0.337. The molecule has 0 aliphatic heterocycles. The predicted octanol–water partition coefficient (Wildman–Crippen LogP) is 4.76. The van der Waals surface area contributed by atoms with E-state index in [0.29, 0.717) is 6.08 Å². The summed E-state index contributed by atoms with van der Waals surface area (Å²) in [4.78, 5) is 38.0. The summed E-state index contributed by atoms with van der Waals surface area (Å²) in [7, 11) is 1.31. The van der Waals surface area contributed by atoms with Crippen molar-refractivity contribution in [2.75, 3.05) is 25.5 Å². The van der Waals surface area contributed by atoms with Gasteiger partial charge in [-0.1, -0.05) is 34.3 Å². The lowest BCUT2D eigenvalue weighted by Gasteiger charge is -2.31. The average Bonchev–Trinajstić information content (AvgIpc) is 2.85. The highest BCUT2D eigenvalue weighted by molar-refractivity contribution is 7.99. The van der Waals surface area contributed by atoms with E-state index in [1.54, 1.807) is 13.8 Å². The predicted molar refractivity (Wildman–Crippen MR) is 127 cm³/mol. The van der Waals surface area contributed by atoms with E-state index in [2.05, 4.69) is 10.1 Å². The van der Waals surface area contributed by atoms with Gasteiger partial charge in [0.05, 0.1) is 12.0 Å². The van der Waals surface area contributed by atoms with E-state index in [4.69, 9.17) is 9.47 Å². The third kappa shape index (κ3) is 9.50. The quantitative estimate of drug-likeness (QED) is 0.0578. The molecule has 8 nitrogen and oxygen atoms in total. The molecule has 37 heavy (non-hydrogen) atoms. The molecule has 2 amide bonds. The topological polar surface area (TPSA) is 94.2 Å². The molecular formula is C23H31F5N2O6S. The van der Waals surface area contributed by atoms with Gasteiger partial charge < -0.3 is 24.4 Å². The van der Waals surface area contributed by atoms with Gasteiger partial charge >= 0.3 is 12.1 Å². The molecule has 1 rings (SSSR count). The fraction of sp³-hybridized carbons (Fsp3) is 0.522. The summed E-state index contributed by atoms with van der Waals surface area (Å²) in [5.74, 6) is -15.0. The van der Waals surface area contributed by atoms with Crippen molar-refractivity contribution in [3.8, 4) is 5.75 Å². The zero-order valence-electron chi connectivity index (χ0n) is 20.2. The minimum absolute atomic E-state index is 0. The molecule has 1 aromatic rings. The summed E-state index contributed by atoms with van der Waals surface area (Å²) in [6.45, 7) is 6.35. The number of nitrogens with one attached hydrogen (secondary N) is 1. The molecule has 0 spiro atoms. The molecule has 14 heteroatoms. The Hall–Kier alpha value is -2.87. The van der Waals surface area contributed by atoms with Crippen molar-refractivity contribution < 1.29 is 50.5 Å². The molecule has 2 atom stereocenters. The first-order valence-corrected chi connectivity index (χ1v) is 11.8. The normalized spacial score (nSPS) is 12.6. The number of carbonyl (C=O) groups excluding carboxylic acids is 3. The molecule has 0 aliphatic rings. The first-order valence-electron chi connectivity index (χ1n) is 10.6. The Labute approximate surface area is 216 Å². The van der Waals surface area contributed by atoms with Crippen LogP contribution in [0.15, 0.2) is 12.2 Å². The highest BCUT2D eigenvalue weighted by atomic mass is 32.2. The van der Waals surface area contributed by atoms with Crippen LogP contribution >= 0.6 is 11.8 Å². The number of amides is 2. The van der Waals surface area contributed by atoms with Gasteiger partial charge in [-0.15, -0.1) is 11.8 Å². The first-order chi connectivity index (χ1) is 16.9. The molecule has 0 saturated carbocycles. The van der Waals surface area contributed by atoms with Crippen LogP contribution in [0.25, 0.3) is 0 Å². The largest absolute Gasteiger partial charge is 0.436 e. The zero-order chi connectivity index (χ0) is 27.6. The van der Waals surface area contributed by atoms with Crippen molar-refractivity contribution in [3.63, 3.8) is 0 Å². The van der Waals surface area contributed by atoms with Crippen LogP contribution in [0.5, 0.6) is 5.75 Å². The maximum atomic E-state index is 13.8. The van der Waals surface area contributed by atoms with Gasteiger partial charge in [0.15, 0.2) is 6.10 Å². The number of rotatable bonds is 12. The van der Waals surface area contributed by atoms with Crippen molar-refractivity contribution >= 4 is 29.7 Å². The van der Waals surface area contributed by atoms with Gasteiger partial charge in [0.2, 0.25) is 34.8 Å². The number of hydrogen-bond acceptors (Lipinski definition) is 7. The fourth-order valence-corrected chi connectivity index (χ4v) is 2.96. The van der Waals surface area contributed by atoms with Crippen molar-refractivity contribution in [1.82, 2.24) is 10.2 Å². The van der Waals surface area contributed by atoms with Crippen LogP contribution in [0.1, 0.15) is 35.1 Å². The highest BCUT2D eigenvalue weighted by Gasteiger charge is 2.33. The molecule has 0 radical (unpaired) electrons. The Balaban J connectivity index is 0.0000130. The SMILES string of the molecule is C.CCSCOCN(C(=O)C(OC(=O)NC)C(C)C)C(C)/C=C/C(=O)Oc1c(F)c(F)c(F)c(F)c1F. The smallest absolute Gasteiger partial charge is 0.407 e. The number of esters is 1. The second kappa shape index (κ2) is 16.1. The highest BCUT2D eigenvalue weighted by Crippen LogP contribution is 2.29. The van der Waals surface area contributed by atoms with Crippen LogP contribution in [-0.4, -0.2) is 60.5 Å². The van der Waals surface area contributed by atoms with E-state index in [0.717, 1.165) is 16.7 Å². The van der Waals surface area contributed by atoms with Gasteiger partial charge in [0.25, 0.3) is 5.91 Å². The summed E-state index contributed by atoms with van der Waals surface area (Å²) in [6, 6.07) is -0.914. The zero-order valence-corrected chi connectivity index (χ0v) is 21.0. The fourth-order valence-electron chi connectivity index (χ4n) is 2.60. The van der Waals surface area contributed by atoms with Crippen molar-refractivity contribution in [2.24, 2.45) is 5.92 Å². The van der Waals surface area contributed by atoms with Gasteiger partial charge in [-0.25, -0.2) is 22.8 Å². The Kier molecular flexibility index (Phi) is 14.8. The average molecular weight is 559 g/mol. The Morgan fingerprint density at radius 3 is 2.03 bits per heavy atom. The maximum Gasteiger partial charge on any atom is 0.407 e. The minimum Gasteiger partial charge on any atom is -0.436 e. The van der Waals surface area contributed by atoms with Crippen molar-refractivity contribution in [2.45, 2.75) is 47.3 Å². The third-order valence-electron chi connectivity index (χ3n) is 4.55. The standard InChI is InChI=1S/C22H27F5N2O6S.CH4/c1-6-36-10-33-9-29(21(31)19(11(2)3)35-22(32)28-5)12(4)7-8-13(30)34-20-17(26)15(24)14(23)16(25)18(20)27;/h7-8,11-12,19H,6,9-10H2,1-5H3,(H,28,32);1H4/b8-7+;. The van der Waals surface area contributed by atoms with Gasteiger partial charge in [-0.05, 0) is 18.6 Å². The molecule has 1 aromatic carbocycles. The molecule has 0 heterocycles. The number of ether oxygens (including phenoxy) is 3. The van der Waals surface area contributed by atoms with Crippen LogP contribution in [0.4, 0.5) is 26.7 Å². The summed E-state index contributed by atoms with van der Waals surface area (Å²) < 4.78 is 82.2. The van der Waals surface area contributed by atoms with Crippen LogP contribution < -0.4 is 10.1 Å². The Morgan fingerprint density at radius 1 is 1.00 bits per heavy atom. The van der Waals surface area contributed by atoms with Crippen LogP contribution in [0, 0.1) is 35.0 Å². The summed E-state index contributed by atoms with van der Waals surface area (Å²) in [5.41, 5.74) is 0. The number of nitrogens with zero attached hydrogens (tertiary/aromatic N) is 1. The Morgan fingerprint density at radius 2 is 1.54 bits per heavy atom. The van der Waals surface area contributed by atoms with Gasteiger partial charge in [-0.3, -0.25) is 4.79 Å². The van der Waals surface area contributed by atoms with Gasteiger partial charge in [0.1, 0.15) is 6.73 Å². The molecule has 0 fully saturated rings. The van der Waals surface area contributed by atoms with Crippen molar-refractivity contribution in [1.29, 1.82) is 0 Å². The lowest BCUT2D eigenvalue weighted by Crippen LogP contribution is -2.49. The molecule has 2 unspecified atom stereocenters. The maximum absolute atomic E-state index is 13.8. The second-order valence-corrected chi connectivity index (χ2v) is 8.71. The van der Waals surface area contributed by atoms with Crippen LogP contribution in [0.3, 0.4) is 0 Å². The number of alkyl carbamates (subject to hydrolysis) is 1. The molecule has 0 aromatic heterocycles. The summed E-state index contributed by atoms with van der Waals surface area (Å²) in [5, 5.41) is 2.24. The molecule has 0 bridgehead atoms. The van der Waals surface area contributed by atoms with Crippen LogP contribution in [0.2, 0.25) is 0 Å². The van der Waals surface area contributed by atoms with E-state index in [1.807, 2.05) is 6.92 Å². The summed E-state index contributed by atoms with van der Waals surface area (Å²) >= 11 is 1.42. The lowest BCUT2D eigenvalue weighted by atomic mass is 10.1. The van der Waals surface area contributed by atoms with E-state index in [1.165, 1.54) is 25.7 Å². The molecular weight excluding hydrogens is 527 g/mol. The molecule has 210 valence electrons.